The normalized spacial score (nSPS) is 24.9. The van der Waals surface area contributed by atoms with Crippen LogP contribution in [0.2, 0.25) is 0 Å². The number of amides is 1. The van der Waals surface area contributed by atoms with Crippen LogP contribution in [0, 0.1) is 5.92 Å². The van der Waals surface area contributed by atoms with Crippen LogP contribution in [-0.4, -0.2) is 11.9 Å². The van der Waals surface area contributed by atoms with E-state index in [1.807, 2.05) is 6.07 Å². The molecule has 20 heavy (non-hydrogen) atoms. The van der Waals surface area contributed by atoms with Gasteiger partial charge in [-0.15, -0.1) is 11.3 Å². The van der Waals surface area contributed by atoms with Crippen molar-refractivity contribution >= 4 is 17.2 Å². The molecule has 3 atom stereocenters. The molecule has 1 aromatic heterocycles. The molecule has 4 heteroatoms. The van der Waals surface area contributed by atoms with Gasteiger partial charge in [-0.3, -0.25) is 4.79 Å². The van der Waals surface area contributed by atoms with Crippen molar-refractivity contribution in [1.29, 1.82) is 0 Å². The van der Waals surface area contributed by atoms with Crippen LogP contribution in [0.15, 0.2) is 17.5 Å². The molecule has 0 radical (unpaired) electrons. The molecule has 1 amide bonds. The molecule has 2 rings (SSSR count). The van der Waals surface area contributed by atoms with Gasteiger partial charge in [-0.1, -0.05) is 38.7 Å². The molecule has 1 saturated carbocycles. The highest BCUT2D eigenvalue weighted by molar-refractivity contribution is 7.10. The average molecular weight is 294 g/mol. The molecule has 0 spiro atoms. The zero-order chi connectivity index (χ0) is 14.4. The number of hydrogen-bond acceptors (Lipinski definition) is 3. The summed E-state index contributed by atoms with van der Waals surface area (Å²) in [4.78, 5) is 13.8. The second-order valence-corrected chi connectivity index (χ2v) is 6.75. The molecule has 0 aromatic carbocycles. The first-order valence-electron chi connectivity index (χ1n) is 7.81. The van der Waals surface area contributed by atoms with Crippen LogP contribution in [0.1, 0.15) is 62.8 Å². The summed E-state index contributed by atoms with van der Waals surface area (Å²) in [5.74, 6) is 0.156. The van der Waals surface area contributed by atoms with E-state index < -0.39 is 0 Å². The maximum absolute atomic E-state index is 12.6. The maximum Gasteiger partial charge on any atom is 0.225 e. The molecule has 112 valence electrons. The molecular weight excluding hydrogens is 268 g/mol. The minimum absolute atomic E-state index is 0.00295. The zero-order valence-electron chi connectivity index (χ0n) is 12.3. The van der Waals surface area contributed by atoms with Gasteiger partial charge in [0.05, 0.1) is 12.0 Å². The van der Waals surface area contributed by atoms with E-state index in [-0.39, 0.29) is 23.9 Å². The zero-order valence-corrected chi connectivity index (χ0v) is 13.1. The Bertz CT molecular complexity index is 405. The van der Waals surface area contributed by atoms with E-state index in [0.717, 1.165) is 38.5 Å². The van der Waals surface area contributed by atoms with Gasteiger partial charge in [0.1, 0.15) is 0 Å². The lowest BCUT2D eigenvalue weighted by molar-refractivity contribution is -0.126. The number of carbonyl (C=O) groups is 1. The van der Waals surface area contributed by atoms with Crippen molar-refractivity contribution in [2.75, 3.05) is 0 Å². The third kappa shape index (κ3) is 4.06. The Balaban J connectivity index is 2.00. The summed E-state index contributed by atoms with van der Waals surface area (Å²) >= 11 is 1.72. The Morgan fingerprint density at radius 2 is 2.25 bits per heavy atom. The van der Waals surface area contributed by atoms with E-state index in [1.165, 1.54) is 11.3 Å². The predicted octanol–water partition coefficient (Wildman–Crippen LogP) is 3.61. The molecule has 0 aliphatic heterocycles. The summed E-state index contributed by atoms with van der Waals surface area (Å²) in [6.07, 6.45) is 7.48. The smallest absolute Gasteiger partial charge is 0.225 e. The van der Waals surface area contributed by atoms with Gasteiger partial charge < -0.3 is 11.1 Å². The maximum atomic E-state index is 12.6. The third-order valence-electron chi connectivity index (χ3n) is 4.19. The largest absolute Gasteiger partial charge is 0.348 e. The second kappa shape index (κ2) is 7.79. The second-order valence-electron chi connectivity index (χ2n) is 5.77. The molecule has 1 fully saturated rings. The molecule has 1 aliphatic carbocycles. The number of nitrogens with one attached hydrogen (secondary N) is 1. The minimum Gasteiger partial charge on any atom is -0.348 e. The lowest BCUT2D eigenvalue weighted by Crippen LogP contribution is -2.42. The van der Waals surface area contributed by atoms with E-state index in [2.05, 4.69) is 23.7 Å². The van der Waals surface area contributed by atoms with Crippen LogP contribution < -0.4 is 11.1 Å². The summed E-state index contributed by atoms with van der Waals surface area (Å²) in [7, 11) is 0. The molecule has 3 N–H and O–H groups in total. The van der Waals surface area contributed by atoms with Crippen molar-refractivity contribution in [2.45, 2.75) is 64.0 Å². The Morgan fingerprint density at radius 3 is 2.95 bits per heavy atom. The lowest BCUT2D eigenvalue weighted by atomic mass is 9.94. The Labute approximate surface area is 125 Å². The van der Waals surface area contributed by atoms with Crippen LogP contribution >= 0.6 is 11.3 Å². The standard InChI is InChI=1S/C16H26N2OS/c1-2-7-14(15-10-6-11-20-15)18-16(19)12-8-4-3-5-9-13(12)17/h6,10-14H,2-5,7-9,17H2,1H3,(H,18,19). The summed E-state index contributed by atoms with van der Waals surface area (Å²) in [6.45, 7) is 2.16. The highest BCUT2D eigenvalue weighted by atomic mass is 32.1. The van der Waals surface area contributed by atoms with Crippen molar-refractivity contribution in [1.82, 2.24) is 5.32 Å². The van der Waals surface area contributed by atoms with Gasteiger partial charge in [0.15, 0.2) is 0 Å². The summed E-state index contributed by atoms with van der Waals surface area (Å²) in [6, 6.07) is 4.34. The molecule has 1 aromatic rings. The highest BCUT2D eigenvalue weighted by Gasteiger charge is 2.28. The van der Waals surface area contributed by atoms with E-state index >= 15 is 0 Å². The predicted molar refractivity (Wildman–Crippen MR) is 84.7 cm³/mol. The van der Waals surface area contributed by atoms with Gasteiger partial charge in [0.25, 0.3) is 0 Å². The van der Waals surface area contributed by atoms with Crippen molar-refractivity contribution in [2.24, 2.45) is 11.7 Å². The first kappa shape index (κ1) is 15.5. The van der Waals surface area contributed by atoms with Gasteiger partial charge in [-0.25, -0.2) is 0 Å². The lowest BCUT2D eigenvalue weighted by Gasteiger charge is -2.24. The molecule has 0 saturated heterocycles. The van der Waals surface area contributed by atoms with Crippen LogP contribution in [0.4, 0.5) is 0 Å². The Hall–Kier alpha value is -0.870. The summed E-state index contributed by atoms with van der Waals surface area (Å²) in [5.41, 5.74) is 6.19. The highest BCUT2D eigenvalue weighted by Crippen LogP contribution is 2.26. The molecule has 3 nitrogen and oxygen atoms in total. The fraction of sp³-hybridized carbons (Fsp3) is 0.688. The van der Waals surface area contributed by atoms with Crippen molar-refractivity contribution < 1.29 is 4.79 Å². The average Bonchev–Trinajstić information content (AvgIpc) is 2.87. The fourth-order valence-electron chi connectivity index (χ4n) is 3.00. The molecule has 1 aliphatic rings. The first-order chi connectivity index (χ1) is 9.72. The van der Waals surface area contributed by atoms with Gasteiger partial charge in [-0.05, 0) is 30.7 Å². The van der Waals surface area contributed by atoms with Crippen LogP contribution in [0.3, 0.4) is 0 Å². The first-order valence-corrected chi connectivity index (χ1v) is 8.69. The van der Waals surface area contributed by atoms with E-state index in [4.69, 9.17) is 5.73 Å². The minimum atomic E-state index is -0.00295. The van der Waals surface area contributed by atoms with Crippen molar-refractivity contribution in [3.05, 3.63) is 22.4 Å². The number of nitrogens with two attached hydrogens (primary N) is 1. The number of carbonyl (C=O) groups excluding carboxylic acids is 1. The Morgan fingerprint density at radius 1 is 1.45 bits per heavy atom. The van der Waals surface area contributed by atoms with Crippen molar-refractivity contribution in [3.63, 3.8) is 0 Å². The quantitative estimate of drug-likeness (QED) is 0.815. The van der Waals surface area contributed by atoms with Gasteiger partial charge in [0, 0.05) is 10.9 Å². The van der Waals surface area contributed by atoms with Crippen molar-refractivity contribution in [3.8, 4) is 0 Å². The van der Waals surface area contributed by atoms with E-state index in [1.54, 1.807) is 11.3 Å². The number of thiophene rings is 1. The number of hydrogen-bond donors (Lipinski definition) is 2. The van der Waals surface area contributed by atoms with Gasteiger partial charge >= 0.3 is 0 Å². The monoisotopic (exact) mass is 294 g/mol. The molecule has 0 bridgehead atoms. The third-order valence-corrected chi connectivity index (χ3v) is 5.17. The SMILES string of the molecule is CCCC(NC(=O)C1CCCCCC1N)c1cccs1. The summed E-state index contributed by atoms with van der Waals surface area (Å²) < 4.78 is 0. The fourth-order valence-corrected chi connectivity index (χ4v) is 3.82. The molecule has 1 heterocycles. The topological polar surface area (TPSA) is 55.1 Å². The van der Waals surface area contributed by atoms with Crippen LogP contribution in [0.25, 0.3) is 0 Å². The number of rotatable bonds is 5. The molecule has 3 unspecified atom stereocenters. The Kier molecular flexibility index (Phi) is 6.05. The van der Waals surface area contributed by atoms with Crippen LogP contribution in [0.5, 0.6) is 0 Å². The van der Waals surface area contributed by atoms with Gasteiger partial charge in [-0.2, -0.15) is 0 Å². The van der Waals surface area contributed by atoms with E-state index in [0.29, 0.717) is 0 Å². The van der Waals surface area contributed by atoms with E-state index in [9.17, 15) is 4.79 Å². The molecular formula is C16H26N2OS. The van der Waals surface area contributed by atoms with Crippen LogP contribution in [-0.2, 0) is 4.79 Å². The summed E-state index contributed by atoms with van der Waals surface area (Å²) in [5, 5.41) is 5.31. The van der Waals surface area contributed by atoms with Gasteiger partial charge in [0.2, 0.25) is 5.91 Å².